The molecule has 18 heavy (non-hydrogen) atoms. The third-order valence-corrected chi connectivity index (χ3v) is 2.64. The van der Waals surface area contributed by atoms with Crippen molar-refractivity contribution in [1.82, 2.24) is 0 Å². The summed E-state index contributed by atoms with van der Waals surface area (Å²) in [6, 6.07) is 2.00. The summed E-state index contributed by atoms with van der Waals surface area (Å²) < 4.78 is 27.6. The fourth-order valence-corrected chi connectivity index (χ4v) is 1.76. The van der Waals surface area contributed by atoms with Crippen LogP contribution in [0.2, 0.25) is 0 Å². The molecule has 0 saturated heterocycles. The van der Waals surface area contributed by atoms with Crippen molar-refractivity contribution in [3.63, 3.8) is 0 Å². The van der Waals surface area contributed by atoms with Gasteiger partial charge in [-0.1, -0.05) is 13.3 Å². The molecule has 5 heteroatoms. The lowest BCUT2D eigenvalue weighted by Crippen LogP contribution is -2.29. The van der Waals surface area contributed by atoms with E-state index in [1.807, 2.05) is 6.92 Å². The SMILES string of the molecule is CCCCN(CCO)c1c(F)cc(C=O)cc1F. The summed E-state index contributed by atoms with van der Waals surface area (Å²) >= 11 is 0. The van der Waals surface area contributed by atoms with Crippen molar-refractivity contribution in [2.75, 3.05) is 24.6 Å². The van der Waals surface area contributed by atoms with Gasteiger partial charge in [-0.25, -0.2) is 8.78 Å². The number of rotatable bonds is 7. The van der Waals surface area contributed by atoms with Gasteiger partial charge in [-0.3, -0.25) is 4.79 Å². The van der Waals surface area contributed by atoms with Crippen LogP contribution in [0.1, 0.15) is 30.1 Å². The zero-order chi connectivity index (χ0) is 13.5. The predicted molar refractivity (Wildman–Crippen MR) is 66.0 cm³/mol. The van der Waals surface area contributed by atoms with Gasteiger partial charge in [0.2, 0.25) is 0 Å². The van der Waals surface area contributed by atoms with E-state index in [2.05, 4.69) is 0 Å². The lowest BCUT2D eigenvalue weighted by Gasteiger charge is -2.24. The molecule has 1 rings (SSSR count). The number of aliphatic hydroxyl groups is 1. The summed E-state index contributed by atoms with van der Waals surface area (Å²) in [5.74, 6) is -1.55. The molecule has 3 nitrogen and oxygen atoms in total. The van der Waals surface area contributed by atoms with Crippen LogP contribution in [0.15, 0.2) is 12.1 Å². The van der Waals surface area contributed by atoms with Crippen LogP contribution >= 0.6 is 0 Å². The van der Waals surface area contributed by atoms with Crippen LogP contribution in [0.5, 0.6) is 0 Å². The van der Waals surface area contributed by atoms with E-state index in [-0.39, 0.29) is 24.4 Å². The van der Waals surface area contributed by atoms with E-state index in [0.29, 0.717) is 12.8 Å². The molecule has 0 atom stereocenters. The summed E-state index contributed by atoms with van der Waals surface area (Å²) in [6.45, 7) is 2.41. The molecule has 0 spiro atoms. The highest BCUT2D eigenvalue weighted by molar-refractivity contribution is 5.76. The second-order valence-corrected chi connectivity index (χ2v) is 4.02. The first kappa shape index (κ1) is 14.6. The number of nitrogens with zero attached hydrogens (tertiary/aromatic N) is 1. The van der Waals surface area contributed by atoms with Gasteiger partial charge in [0.1, 0.15) is 23.6 Å². The summed E-state index contributed by atoms with van der Waals surface area (Å²) in [4.78, 5) is 12.0. The lowest BCUT2D eigenvalue weighted by atomic mass is 10.1. The Hall–Kier alpha value is -1.49. The molecule has 0 saturated carbocycles. The molecule has 1 N–H and O–H groups in total. The van der Waals surface area contributed by atoms with Crippen LogP contribution in [0.3, 0.4) is 0 Å². The van der Waals surface area contributed by atoms with Crippen molar-refractivity contribution in [2.45, 2.75) is 19.8 Å². The van der Waals surface area contributed by atoms with Crippen molar-refractivity contribution in [3.8, 4) is 0 Å². The molecule has 0 aliphatic rings. The number of aliphatic hydroxyl groups excluding tert-OH is 1. The molecule has 0 aliphatic carbocycles. The smallest absolute Gasteiger partial charge is 0.150 e. The molecule has 0 aromatic heterocycles. The Kier molecular flexibility index (Phi) is 5.71. The van der Waals surface area contributed by atoms with Crippen molar-refractivity contribution >= 4 is 12.0 Å². The number of halogens is 2. The summed E-state index contributed by atoms with van der Waals surface area (Å²) in [7, 11) is 0. The van der Waals surface area contributed by atoms with Gasteiger partial charge in [0.05, 0.1) is 6.61 Å². The van der Waals surface area contributed by atoms with Crippen LogP contribution in [0, 0.1) is 11.6 Å². The number of anilines is 1. The van der Waals surface area contributed by atoms with Crippen LogP contribution in [-0.4, -0.2) is 31.1 Å². The molecule has 100 valence electrons. The Morgan fingerprint density at radius 1 is 1.28 bits per heavy atom. The van der Waals surface area contributed by atoms with E-state index in [1.165, 1.54) is 4.90 Å². The van der Waals surface area contributed by atoms with Crippen LogP contribution in [-0.2, 0) is 0 Å². The molecule has 1 aromatic rings. The minimum atomic E-state index is -0.776. The third-order valence-electron chi connectivity index (χ3n) is 2.64. The number of benzene rings is 1. The predicted octanol–water partition coefficient (Wildman–Crippen LogP) is 2.38. The van der Waals surface area contributed by atoms with E-state index in [9.17, 15) is 13.6 Å². The van der Waals surface area contributed by atoms with Gasteiger partial charge in [-0.05, 0) is 18.6 Å². The second-order valence-electron chi connectivity index (χ2n) is 4.02. The van der Waals surface area contributed by atoms with Crippen LogP contribution < -0.4 is 4.90 Å². The number of unbranched alkanes of at least 4 members (excludes halogenated alkanes) is 1. The topological polar surface area (TPSA) is 40.5 Å². The maximum atomic E-state index is 13.8. The molecule has 0 heterocycles. The number of aldehydes is 1. The van der Waals surface area contributed by atoms with E-state index < -0.39 is 11.6 Å². The summed E-state index contributed by atoms with van der Waals surface area (Å²) in [5.41, 5.74) is -0.212. The van der Waals surface area contributed by atoms with Crippen molar-refractivity contribution in [2.24, 2.45) is 0 Å². The standard InChI is InChI=1S/C13H17F2NO2/c1-2-3-4-16(5-6-17)13-11(14)7-10(9-18)8-12(13)15/h7-9,17H,2-6H2,1H3. The minimum absolute atomic E-state index is 0.0341. The molecule has 0 amide bonds. The normalized spacial score (nSPS) is 10.4. The van der Waals surface area contributed by atoms with Gasteiger partial charge in [-0.15, -0.1) is 0 Å². The van der Waals surface area contributed by atoms with Crippen molar-refractivity contribution in [1.29, 1.82) is 0 Å². The highest BCUT2D eigenvalue weighted by Gasteiger charge is 2.17. The molecule has 0 fully saturated rings. The quantitative estimate of drug-likeness (QED) is 0.762. The Morgan fingerprint density at radius 3 is 2.33 bits per heavy atom. The summed E-state index contributed by atoms with van der Waals surface area (Å²) in [6.07, 6.45) is 2.06. The highest BCUT2D eigenvalue weighted by atomic mass is 19.1. The van der Waals surface area contributed by atoms with Gasteiger partial charge >= 0.3 is 0 Å². The molecular formula is C13H17F2NO2. The maximum Gasteiger partial charge on any atom is 0.150 e. The zero-order valence-corrected chi connectivity index (χ0v) is 10.3. The van der Waals surface area contributed by atoms with E-state index >= 15 is 0 Å². The largest absolute Gasteiger partial charge is 0.395 e. The first-order chi connectivity index (χ1) is 8.63. The number of carbonyl (C=O) groups excluding carboxylic acids is 1. The first-order valence-electron chi connectivity index (χ1n) is 5.94. The van der Waals surface area contributed by atoms with Crippen molar-refractivity contribution < 1.29 is 18.7 Å². The van der Waals surface area contributed by atoms with Gasteiger partial charge in [0, 0.05) is 18.7 Å². The Labute approximate surface area is 105 Å². The number of hydrogen-bond donors (Lipinski definition) is 1. The van der Waals surface area contributed by atoms with Gasteiger partial charge in [0.25, 0.3) is 0 Å². The fraction of sp³-hybridized carbons (Fsp3) is 0.462. The van der Waals surface area contributed by atoms with Gasteiger partial charge in [-0.2, -0.15) is 0 Å². The minimum Gasteiger partial charge on any atom is -0.395 e. The zero-order valence-electron chi connectivity index (χ0n) is 10.3. The molecule has 0 aliphatic heterocycles. The fourth-order valence-electron chi connectivity index (χ4n) is 1.76. The van der Waals surface area contributed by atoms with E-state index in [1.54, 1.807) is 0 Å². The van der Waals surface area contributed by atoms with E-state index in [4.69, 9.17) is 5.11 Å². The average molecular weight is 257 g/mol. The van der Waals surface area contributed by atoms with Crippen LogP contribution in [0.25, 0.3) is 0 Å². The van der Waals surface area contributed by atoms with Crippen LogP contribution in [0.4, 0.5) is 14.5 Å². The average Bonchev–Trinajstić information content (AvgIpc) is 2.34. The maximum absolute atomic E-state index is 13.8. The summed E-state index contributed by atoms with van der Waals surface area (Å²) in [5, 5.41) is 8.94. The Bertz CT molecular complexity index is 387. The highest BCUT2D eigenvalue weighted by Crippen LogP contribution is 2.24. The van der Waals surface area contributed by atoms with Gasteiger partial charge < -0.3 is 10.0 Å². The Morgan fingerprint density at radius 2 is 1.89 bits per heavy atom. The molecule has 0 radical (unpaired) electrons. The molecule has 0 bridgehead atoms. The number of hydrogen-bond acceptors (Lipinski definition) is 3. The van der Waals surface area contributed by atoms with Crippen molar-refractivity contribution in [3.05, 3.63) is 29.3 Å². The lowest BCUT2D eigenvalue weighted by molar-refractivity contribution is 0.112. The molecular weight excluding hydrogens is 240 g/mol. The van der Waals surface area contributed by atoms with E-state index in [0.717, 1.165) is 25.0 Å². The molecule has 1 aromatic carbocycles. The Balaban J connectivity index is 3.06. The number of carbonyl (C=O) groups is 1. The van der Waals surface area contributed by atoms with Gasteiger partial charge in [0.15, 0.2) is 0 Å². The first-order valence-corrected chi connectivity index (χ1v) is 5.94. The monoisotopic (exact) mass is 257 g/mol. The molecule has 0 unspecified atom stereocenters. The third kappa shape index (κ3) is 3.50. The second kappa shape index (κ2) is 7.06.